The van der Waals surface area contributed by atoms with Gasteiger partial charge in [-0.3, -0.25) is 4.79 Å². The van der Waals surface area contributed by atoms with Crippen LogP contribution >= 0.6 is 0 Å². The van der Waals surface area contributed by atoms with Gasteiger partial charge in [-0.05, 0) is 32.0 Å². The zero-order chi connectivity index (χ0) is 15.7. The lowest BCUT2D eigenvalue weighted by Gasteiger charge is -2.22. The van der Waals surface area contributed by atoms with Gasteiger partial charge in [0.2, 0.25) is 5.91 Å². The van der Waals surface area contributed by atoms with Gasteiger partial charge in [0.05, 0.1) is 6.54 Å². The van der Waals surface area contributed by atoms with Gasteiger partial charge < -0.3 is 19.6 Å². The fourth-order valence-electron chi connectivity index (χ4n) is 2.57. The molecule has 5 nitrogen and oxygen atoms in total. The van der Waals surface area contributed by atoms with E-state index in [9.17, 15) is 9.90 Å². The van der Waals surface area contributed by atoms with Crippen molar-refractivity contribution in [2.75, 3.05) is 13.2 Å². The lowest BCUT2D eigenvalue weighted by atomic mass is 9.99. The minimum absolute atomic E-state index is 0.0808. The Hall–Kier alpha value is -2.27. The Labute approximate surface area is 128 Å². The van der Waals surface area contributed by atoms with E-state index in [1.54, 1.807) is 19.1 Å². The summed E-state index contributed by atoms with van der Waals surface area (Å²) in [6, 6.07) is 11.0. The first kappa shape index (κ1) is 14.7. The van der Waals surface area contributed by atoms with E-state index < -0.39 is 5.60 Å². The molecule has 0 fully saturated rings. The van der Waals surface area contributed by atoms with Crippen LogP contribution in [0.5, 0.6) is 5.75 Å². The lowest BCUT2D eigenvalue weighted by molar-refractivity contribution is -0.124. The number of aliphatic hydroxyl groups is 1. The van der Waals surface area contributed by atoms with E-state index in [1.807, 2.05) is 31.2 Å². The van der Waals surface area contributed by atoms with E-state index in [0.29, 0.717) is 12.4 Å². The Morgan fingerprint density at radius 3 is 2.86 bits per heavy atom. The molecule has 3 rings (SSSR count). The summed E-state index contributed by atoms with van der Waals surface area (Å²) in [5, 5.41) is 13.2. The van der Waals surface area contributed by atoms with Gasteiger partial charge in [-0.25, -0.2) is 0 Å². The summed E-state index contributed by atoms with van der Waals surface area (Å²) in [4.78, 5) is 12.4. The van der Waals surface area contributed by atoms with Gasteiger partial charge in [0.15, 0.2) is 0 Å². The average molecular weight is 301 g/mol. The third-order valence-corrected chi connectivity index (χ3v) is 3.89. The largest absolute Gasteiger partial charge is 0.492 e. The van der Waals surface area contributed by atoms with Crippen LogP contribution in [0.25, 0.3) is 0 Å². The SMILES string of the molecule is Cc1ccc(C(C)(O)CNC(=O)C2COc3ccccc32)o1. The quantitative estimate of drug-likeness (QED) is 0.907. The molecule has 1 amide bonds. The molecule has 0 saturated carbocycles. The molecule has 0 bridgehead atoms. The van der Waals surface area contributed by atoms with E-state index >= 15 is 0 Å². The lowest BCUT2D eigenvalue weighted by Crippen LogP contribution is -2.40. The van der Waals surface area contributed by atoms with Gasteiger partial charge in [-0.1, -0.05) is 18.2 Å². The second kappa shape index (κ2) is 5.50. The van der Waals surface area contributed by atoms with E-state index in [0.717, 1.165) is 17.1 Å². The molecule has 1 aromatic carbocycles. The Balaban J connectivity index is 1.66. The topological polar surface area (TPSA) is 71.7 Å². The molecule has 0 spiro atoms. The molecule has 2 aromatic rings. The van der Waals surface area contributed by atoms with Crippen molar-refractivity contribution >= 4 is 5.91 Å². The van der Waals surface area contributed by atoms with Crippen molar-refractivity contribution in [3.8, 4) is 5.75 Å². The molecule has 5 heteroatoms. The number of rotatable bonds is 4. The number of furan rings is 1. The van der Waals surface area contributed by atoms with E-state index in [2.05, 4.69) is 5.32 Å². The third-order valence-electron chi connectivity index (χ3n) is 3.89. The standard InChI is InChI=1S/C17H19NO4/c1-11-7-8-15(22-11)17(2,20)10-18-16(19)13-9-21-14-6-4-3-5-12(13)14/h3-8,13,20H,9-10H2,1-2H3,(H,18,19). The highest BCUT2D eigenvalue weighted by Crippen LogP contribution is 2.33. The van der Waals surface area contributed by atoms with Crippen LogP contribution in [-0.4, -0.2) is 24.2 Å². The summed E-state index contributed by atoms with van der Waals surface area (Å²) in [7, 11) is 0. The highest BCUT2D eigenvalue weighted by atomic mass is 16.5. The third kappa shape index (κ3) is 2.72. The maximum Gasteiger partial charge on any atom is 0.231 e. The number of hydrogen-bond acceptors (Lipinski definition) is 4. The van der Waals surface area contributed by atoms with E-state index in [4.69, 9.17) is 9.15 Å². The van der Waals surface area contributed by atoms with Gasteiger partial charge in [0.25, 0.3) is 0 Å². The highest BCUT2D eigenvalue weighted by Gasteiger charge is 2.33. The monoisotopic (exact) mass is 301 g/mol. The van der Waals surface area contributed by atoms with Crippen molar-refractivity contribution in [2.24, 2.45) is 0 Å². The van der Waals surface area contributed by atoms with Crippen molar-refractivity contribution < 1.29 is 19.1 Å². The minimum atomic E-state index is -1.25. The summed E-state index contributed by atoms with van der Waals surface area (Å²) in [6.07, 6.45) is 0. The molecular weight excluding hydrogens is 282 g/mol. The number of nitrogens with one attached hydrogen (secondary N) is 1. The molecule has 1 aliphatic heterocycles. The maximum absolute atomic E-state index is 12.4. The molecule has 2 unspecified atom stereocenters. The molecule has 0 saturated heterocycles. The molecule has 2 N–H and O–H groups in total. The van der Waals surface area contributed by atoms with Crippen LogP contribution in [0.4, 0.5) is 0 Å². The van der Waals surface area contributed by atoms with Gasteiger partial charge in [0.1, 0.15) is 35.4 Å². The molecule has 22 heavy (non-hydrogen) atoms. The number of carbonyl (C=O) groups is 1. The predicted molar refractivity (Wildman–Crippen MR) is 80.7 cm³/mol. The zero-order valence-electron chi connectivity index (χ0n) is 12.6. The Morgan fingerprint density at radius 1 is 1.36 bits per heavy atom. The van der Waals surface area contributed by atoms with Gasteiger partial charge in [-0.2, -0.15) is 0 Å². The molecule has 1 aliphatic rings. The minimum Gasteiger partial charge on any atom is -0.492 e. The molecule has 2 atom stereocenters. The number of para-hydroxylation sites is 1. The summed E-state index contributed by atoms with van der Waals surface area (Å²) >= 11 is 0. The number of carbonyl (C=O) groups excluding carboxylic acids is 1. The number of aryl methyl sites for hydroxylation is 1. The van der Waals surface area contributed by atoms with Crippen LogP contribution in [0.2, 0.25) is 0 Å². The fourth-order valence-corrected chi connectivity index (χ4v) is 2.57. The van der Waals surface area contributed by atoms with Crippen LogP contribution in [0.3, 0.4) is 0 Å². The predicted octanol–water partition coefficient (Wildman–Crippen LogP) is 2.09. The zero-order valence-corrected chi connectivity index (χ0v) is 12.6. The molecule has 0 radical (unpaired) electrons. The van der Waals surface area contributed by atoms with Gasteiger partial charge in [-0.15, -0.1) is 0 Å². The van der Waals surface area contributed by atoms with Gasteiger partial charge in [0, 0.05) is 5.56 Å². The molecule has 1 aromatic heterocycles. The van der Waals surface area contributed by atoms with Crippen LogP contribution in [0.1, 0.15) is 29.9 Å². The molecule has 0 aliphatic carbocycles. The Bertz CT molecular complexity index is 689. The van der Waals surface area contributed by atoms with E-state index in [-0.39, 0.29) is 18.4 Å². The normalized spacial score (nSPS) is 19.1. The van der Waals surface area contributed by atoms with Crippen molar-refractivity contribution in [1.82, 2.24) is 5.32 Å². The van der Waals surface area contributed by atoms with Crippen LogP contribution in [0.15, 0.2) is 40.8 Å². The van der Waals surface area contributed by atoms with Crippen molar-refractivity contribution in [3.63, 3.8) is 0 Å². The summed E-state index contributed by atoms with van der Waals surface area (Å²) in [6.45, 7) is 3.83. The Morgan fingerprint density at radius 2 is 2.14 bits per heavy atom. The van der Waals surface area contributed by atoms with E-state index in [1.165, 1.54) is 0 Å². The average Bonchev–Trinajstić information content (AvgIpc) is 3.11. The van der Waals surface area contributed by atoms with Crippen molar-refractivity contribution in [3.05, 3.63) is 53.5 Å². The number of benzene rings is 1. The number of amides is 1. The summed E-state index contributed by atoms with van der Waals surface area (Å²) in [5.74, 6) is 1.41. The first-order valence-electron chi connectivity index (χ1n) is 7.26. The summed E-state index contributed by atoms with van der Waals surface area (Å²) in [5.41, 5.74) is -0.364. The Kier molecular flexibility index (Phi) is 3.66. The highest BCUT2D eigenvalue weighted by molar-refractivity contribution is 5.85. The van der Waals surface area contributed by atoms with Crippen LogP contribution in [-0.2, 0) is 10.4 Å². The molecule has 116 valence electrons. The second-order valence-electron chi connectivity index (χ2n) is 5.80. The smallest absolute Gasteiger partial charge is 0.231 e. The molecule has 2 heterocycles. The second-order valence-corrected chi connectivity index (χ2v) is 5.80. The van der Waals surface area contributed by atoms with Gasteiger partial charge >= 0.3 is 0 Å². The number of fused-ring (bicyclic) bond motifs is 1. The fraction of sp³-hybridized carbons (Fsp3) is 0.353. The first-order chi connectivity index (χ1) is 10.5. The van der Waals surface area contributed by atoms with Crippen molar-refractivity contribution in [2.45, 2.75) is 25.4 Å². The number of ether oxygens (including phenoxy) is 1. The van der Waals surface area contributed by atoms with Crippen LogP contribution < -0.4 is 10.1 Å². The van der Waals surface area contributed by atoms with Crippen molar-refractivity contribution in [1.29, 1.82) is 0 Å². The van der Waals surface area contributed by atoms with Crippen LogP contribution in [0, 0.1) is 6.92 Å². The maximum atomic E-state index is 12.4. The molecular formula is C17H19NO4. The number of hydrogen-bond donors (Lipinski definition) is 2. The summed E-state index contributed by atoms with van der Waals surface area (Å²) < 4.78 is 10.9. The first-order valence-corrected chi connectivity index (χ1v) is 7.26.